The number of likely N-dealkylation sites (tertiary alicyclic amines) is 1. The number of carbonyl (C=O) groups is 2. The largest absolute Gasteiger partial charge is 0.483 e. The van der Waals surface area contributed by atoms with E-state index in [9.17, 15) is 9.59 Å². The van der Waals surface area contributed by atoms with Gasteiger partial charge in [0.1, 0.15) is 5.75 Å². The van der Waals surface area contributed by atoms with Gasteiger partial charge in [0.15, 0.2) is 6.61 Å². The molecule has 1 aromatic rings. The third-order valence-corrected chi connectivity index (χ3v) is 4.48. The van der Waals surface area contributed by atoms with Crippen molar-refractivity contribution < 1.29 is 14.3 Å². The molecule has 0 radical (unpaired) electrons. The van der Waals surface area contributed by atoms with Gasteiger partial charge in [-0.2, -0.15) is 0 Å². The van der Waals surface area contributed by atoms with E-state index in [4.69, 9.17) is 10.5 Å². The number of nitrogens with zero attached hydrogens (tertiary/aromatic N) is 1. The van der Waals surface area contributed by atoms with Gasteiger partial charge in [0, 0.05) is 30.7 Å². The van der Waals surface area contributed by atoms with E-state index < -0.39 is 5.54 Å². The van der Waals surface area contributed by atoms with Crippen LogP contribution < -0.4 is 15.8 Å². The zero-order valence-corrected chi connectivity index (χ0v) is 16.4. The maximum Gasteiger partial charge on any atom is 0.260 e. The second-order valence-electron chi connectivity index (χ2n) is 7.84. The van der Waals surface area contributed by atoms with E-state index in [1.807, 2.05) is 32.6 Å². The van der Waals surface area contributed by atoms with Gasteiger partial charge in [0.05, 0.1) is 0 Å². The number of hydrogen-bond donors (Lipinski definition) is 2. The number of piperidine rings is 1. The Bertz CT molecular complexity index is 636. The molecule has 0 saturated carbocycles. The number of hydrogen-bond acceptors (Lipinski definition) is 4. The summed E-state index contributed by atoms with van der Waals surface area (Å²) in [4.78, 5) is 26.5. The van der Waals surface area contributed by atoms with Crippen LogP contribution in [0, 0.1) is 13.8 Å². The van der Waals surface area contributed by atoms with E-state index in [-0.39, 0.29) is 18.4 Å². The van der Waals surface area contributed by atoms with Crippen LogP contribution >= 0.6 is 0 Å². The molecule has 1 aromatic carbocycles. The minimum absolute atomic E-state index is 0.0236. The summed E-state index contributed by atoms with van der Waals surface area (Å²) >= 11 is 0. The van der Waals surface area contributed by atoms with Crippen LogP contribution in [0.5, 0.6) is 5.75 Å². The molecular weight excluding hydrogens is 330 g/mol. The summed E-state index contributed by atoms with van der Waals surface area (Å²) in [7, 11) is 0. The number of carbonyl (C=O) groups excluding carboxylic acids is 2. The molecule has 1 aliphatic heterocycles. The van der Waals surface area contributed by atoms with Gasteiger partial charge >= 0.3 is 0 Å². The first-order valence-electron chi connectivity index (χ1n) is 9.26. The monoisotopic (exact) mass is 361 g/mol. The normalized spacial score (nSPS) is 14.9. The Balaban J connectivity index is 1.99. The third kappa shape index (κ3) is 5.73. The second-order valence-corrected chi connectivity index (χ2v) is 7.84. The molecule has 2 amide bonds. The minimum Gasteiger partial charge on any atom is -0.483 e. The molecule has 0 unspecified atom stereocenters. The Hall–Kier alpha value is -2.08. The fourth-order valence-corrected chi connectivity index (χ4v) is 3.09. The summed E-state index contributed by atoms with van der Waals surface area (Å²) in [5, 5.41) is 2.84. The molecular formula is C20H31N3O3. The summed E-state index contributed by atoms with van der Waals surface area (Å²) in [5.74, 6) is 0.534. The molecule has 1 saturated heterocycles. The van der Waals surface area contributed by atoms with Gasteiger partial charge in [-0.3, -0.25) is 9.59 Å². The maximum absolute atomic E-state index is 12.3. The number of rotatable bonds is 6. The van der Waals surface area contributed by atoms with Crippen LogP contribution in [0.2, 0.25) is 0 Å². The van der Waals surface area contributed by atoms with E-state index >= 15 is 0 Å². The number of nitrogens with one attached hydrogen (secondary N) is 1. The first kappa shape index (κ1) is 20.2. The molecule has 0 aliphatic carbocycles. The van der Waals surface area contributed by atoms with Crippen LogP contribution in [0.3, 0.4) is 0 Å². The predicted molar refractivity (Wildman–Crippen MR) is 102 cm³/mol. The number of amides is 2. The Morgan fingerprint density at radius 3 is 2.27 bits per heavy atom. The Morgan fingerprint density at radius 1 is 1.15 bits per heavy atom. The highest BCUT2D eigenvalue weighted by atomic mass is 16.5. The first-order chi connectivity index (χ1) is 12.2. The number of nitrogens with two attached hydrogens (primary N) is 1. The average molecular weight is 361 g/mol. The molecule has 3 N–H and O–H groups in total. The van der Waals surface area contributed by atoms with Gasteiger partial charge in [-0.25, -0.2) is 0 Å². The van der Waals surface area contributed by atoms with Gasteiger partial charge in [-0.05, 0) is 70.2 Å². The zero-order valence-electron chi connectivity index (χ0n) is 16.4. The fraction of sp³-hybridized carbons (Fsp3) is 0.600. The molecule has 1 fully saturated rings. The smallest absolute Gasteiger partial charge is 0.260 e. The molecule has 0 bridgehead atoms. The molecule has 144 valence electrons. The van der Waals surface area contributed by atoms with Gasteiger partial charge < -0.3 is 20.7 Å². The zero-order chi connectivity index (χ0) is 19.3. The van der Waals surface area contributed by atoms with E-state index in [2.05, 4.69) is 5.32 Å². The highest BCUT2D eigenvalue weighted by Crippen LogP contribution is 2.25. The lowest BCUT2D eigenvalue weighted by Gasteiger charge is -2.27. The maximum atomic E-state index is 12.3. The highest BCUT2D eigenvalue weighted by molar-refractivity contribution is 5.95. The molecule has 1 aliphatic rings. The van der Waals surface area contributed by atoms with Gasteiger partial charge in [-0.1, -0.05) is 0 Å². The summed E-state index contributed by atoms with van der Waals surface area (Å²) in [6, 6.07) is 3.57. The molecule has 6 nitrogen and oxygen atoms in total. The molecule has 2 rings (SSSR count). The number of aryl methyl sites for hydroxylation is 2. The van der Waals surface area contributed by atoms with Crippen molar-refractivity contribution >= 4 is 11.8 Å². The van der Waals surface area contributed by atoms with Crippen LogP contribution in [0.4, 0.5) is 0 Å². The highest BCUT2D eigenvalue weighted by Gasteiger charge is 2.19. The summed E-state index contributed by atoms with van der Waals surface area (Å²) in [6.45, 7) is 9.56. The van der Waals surface area contributed by atoms with E-state index in [1.54, 1.807) is 12.1 Å². The Labute approximate surface area is 156 Å². The lowest BCUT2D eigenvalue weighted by atomic mass is 10.0. The van der Waals surface area contributed by atoms with Crippen LogP contribution in [0.1, 0.15) is 54.6 Å². The molecule has 1 heterocycles. The molecule has 26 heavy (non-hydrogen) atoms. The summed E-state index contributed by atoms with van der Waals surface area (Å²) in [6.07, 6.45) is 3.31. The van der Waals surface area contributed by atoms with Crippen LogP contribution in [-0.4, -0.2) is 48.5 Å². The van der Waals surface area contributed by atoms with Crippen molar-refractivity contribution in [1.82, 2.24) is 10.2 Å². The van der Waals surface area contributed by atoms with Crippen molar-refractivity contribution in [2.45, 2.75) is 52.5 Å². The first-order valence-corrected chi connectivity index (χ1v) is 9.26. The van der Waals surface area contributed by atoms with Crippen molar-refractivity contribution in [3.8, 4) is 5.75 Å². The third-order valence-electron chi connectivity index (χ3n) is 4.48. The van der Waals surface area contributed by atoms with Gasteiger partial charge in [0.2, 0.25) is 0 Å². The molecule has 0 atom stereocenters. The van der Waals surface area contributed by atoms with Crippen LogP contribution in [0.15, 0.2) is 12.1 Å². The topological polar surface area (TPSA) is 84.7 Å². The van der Waals surface area contributed by atoms with Crippen molar-refractivity contribution in [1.29, 1.82) is 0 Å². The lowest BCUT2D eigenvalue weighted by molar-refractivity contribution is -0.134. The fourth-order valence-electron chi connectivity index (χ4n) is 3.09. The quantitative estimate of drug-likeness (QED) is 0.813. The number of benzene rings is 1. The van der Waals surface area contributed by atoms with Crippen LogP contribution in [0.25, 0.3) is 0 Å². The van der Waals surface area contributed by atoms with E-state index in [1.165, 1.54) is 6.42 Å². The van der Waals surface area contributed by atoms with E-state index in [0.29, 0.717) is 17.9 Å². The van der Waals surface area contributed by atoms with Crippen LogP contribution in [-0.2, 0) is 4.79 Å². The molecule has 0 aromatic heterocycles. The van der Waals surface area contributed by atoms with E-state index in [0.717, 1.165) is 37.1 Å². The standard InChI is InChI=1S/C20H31N3O3/c1-14-10-16(19(25)22-13-20(3,4)21)11-15(2)18(14)26-12-17(24)23-8-6-5-7-9-23/h10-11H,5-9,12-13,21H2,1-4H3,(H,22,25). The molecule has 6 heteroatoms. The molecule has 0 spiro atoms. The average Bonchev–Trinajstić information content (AvgIpc) is 2.58. The summed E-state index contributed by atoms with van der Waals surface area (Å²) in [5.41, 5.74) is 7.69. The lowest BCUT2D eigenvalue weighted by Crippen LogP contribution is -2.45. The van der Waals surface area contributed by atoms with Gasteiger partial charge in [0.25, 0.3) is 11.8 Å². The minimum atomic E-state index is -0.461. The SMILES string of the molecule is Cc1cc(C(=O)NCC(C)(C)N)cc(C)c1OCC(=O)N1CCCCC1. The number of ether oxygens (including phenoxy) is 1. The van der Waals surface area contributed by atoms with Crippen molar-refractivity contribution in [3.05, 3.63) is 28.8 Å². The van der Waals surface area contributed by atoms with Crippen molar-refractivity contribution in [2.24, 2.45) is 5.73 Å². The van der Waals surface area contributed by atoms with Gasteiger partial charge in [-0.15, -0.1) is 0 Å². The second kappa shape index (κ2) is 8.54. The summed E-state index contributed by atoms with van der Waals surface area (Å²) < 4.78 is 5.79. The van der Waals surface area contributed by atoms with Crippen molar-refractivity contribution in [2.75, 3.05) is 26.2 Å². The Kier molecular flexibility index (Phi) is 6.64. The van der Waals surface area contributed by atoms with Crippen molar-refractivity contribution in [3.63, 3.8) is 0 Å². The Morgan fingerprint density at radius 2 is 1.73 bits per heavy atom. The predicted octanol–water partition coefficient (Wildman–Crippen LogP) is 2.16.